The molecular weight excluding hydrogens is 264 g/mol. The average molecular weight is 284 g/mol. The molecule has 21 heavy (non-hydrogen) atoms. The molecule has 2 heterocycles. The number of fused-ring (bicyclic) bond motifs is 1. The number of nitrogens with one attached hydrogen (secondary N) is 1. The molecule has 0 amide bonds. The van der Waals surface area contributed by atoms with Crippen LogP contribution in [0.25, 0.3) is 0 Å². The van der Waals surface area contributed by atoms with Crippen LogP contribution in [0.3, 0.4) is 0 Å². The van der Waals surface area contributed by atoms with E-state index in [1.807, 2.05) is 12.4 Å². The molecule has 110 valence electrons. The first-order valence-corrected chi connectivity index (χ1v) is 7.24. The Hall–Kier alpha value is -1.98. The fraction of sp³-hybridized carbons (Fsp3) is 0.375. The standard InChI is InChI=1S/C16H20N4O/c1-21-9-7-17-10-13-11-18-16(19-12-13)20-8-6-14-4-2-3-5-15(14)20/h2-5,11-12,17H,6-10H2,1H3. The van der Waals surface area contributed by atoms with Crippen LogP contribution in [0.15, 0.2) is 36.7 Å². The van der Waals surface area contributed by atoms with Gasteiger partial charge < -0.3 is 15.0 Å². The van der Waals surface area contributed by atoms with Crippen molar-refractivity contribution in [2.24, 2.45) is 0 Å². The Morgan fingerprint density at radius 1 is 1.24 bits per heavy atom. The van der Waals surface area contributed by atoms with Crippen LogP contribution in [0.2, 0.25) is 0 Å². The van der Waals surface area contributed by atoms with Gasteiger partial charge in [-0.1, -0.05) is 18.2 Å². The SMILES string of the molecule is COCCNCc1cnc(N2CCc3ccccc32)nc1. The zero-order valence-electron chi connectivity index (χ0n) is 12.2. The normalized spacial score (nSPS) is 13.5. The molecule has 0 atom stereocenters. The molecule has 0 unspecified atom stereocenters. The van der Waals surface area contributed by atoms with Gasteiger partial charge in [0.25, 0.3) is 0 Å². The number of para-hydroxylation sites is 1. The summed E-state index contributed by atoms with van der Waals surface area (Å²) < 4.78 is 5.00. The van der Waals surface area contributed by atoms with Crippen LogP contribution in [0.4, 0.5) is 11.6 Å². The van der Waals surface area contributed by atoms with Crippen LogP contribution in [-0.4, -0.2) is 36.8 Å². The number of aromatic nitrogens is 2. The van der Waals surface area contributed by atoms with Crippen LogP contribution in [0, 0.1) is 0 Å². The van der Waals surface area contributed by atoms with E-state index < -0.39 is 0 Å². The molecule has 0 spiro atoms. The molecule has 0 aliphatic carbocycles. The van der Waals surface area contributed by atoms with Crippen LogP contribution in [0.1, 0.15) is 11.1 Å². The molecular formula is C16H20N4O. The first-order valence-electron chi connectivity index (χ1n) is 7.24. The summed E-state index contributed by atoms with van der Waals surface area (Å²) in [5, 5.41) is 3.29. The maximum atomic E-state index is 5.00. The molecule has 1 N–H and O–H groups in total. The van der Waals surface area contributed by atoms with E-state index in [0.717, 1.165) is 37.6 Å². The van der Waals surface area contributed by atoms with Gasteiger partial charge in [0.05, 0.1) is 6.61 Å². The summed E-state index contributed by atoms with van der Waals surface area (Å²) in [4.78, 5) is 11.2. The second kappa shape index (κ2) is 6.65. The Morgan fingerprint density at radius 2 is 2.05 bits per heavy atom. The summed E-state index contributed by atoms with van der Waals surface area (Å²) >= 11 is 0. The Bertz CT molecular complexity index is 585. The third kappa shape index (κ3) is 3.20. The molecule has 1 aliphatic heterocycles. The van der Waals surface area contributed by atoms with Gasteiger partial charge in [-0.2, -0.15) is 0 Å². The van der Waals surface area contributed by atoms with Gasteiger partial charge in [0.15, 0.2) is 0 Å². The minimum absolute atomic E-state index is 0.712. The Kier molecular flexibility index (Phi) is 4.43. The quantitative estimate of drug-likeness (QED) is 0.821. The lowest BCUT2D eigenvalue weighted by Gasteiger charge is -2.17. The number of benzene rings is 1. The fourth-order valence-electron chi connectivity index (χ4n) is 2.53. The molecule has 5 heteroatoms. The lowest BCUT2D eigenvalue weighted by Crippen LogP contribution is -2.20. The molecule has 0 bridgehead atoms. The van der Waals surface area contributed by atoms with Gasteiger partial charge >= 0.3 is 0 Å². The van der Waals surface area contributed by atoms with Crippen molar-refractivity contribution < 1.29 is 4.74 Å². The molecule has 0 saturated carbocycles. The summed E-state index contributed by atoms with van der Waals surface area (Å²) in [6, 6.07) is 8.44. The van der Waals surface area contributed by atoms with Gasteiger partial charge in [0.2, 0.25) is 5.95 Å². The summed E-state index contributed by atoms with van der Waals surface area (Å²) in [5.41, 5.74) is 3.68. The summed E-state index contributed by atoms with van der Waals surface area (Å²) in [5.74, 6) is 0.778. The smallest absolute Gasteiger partial charge is 0.229 e. The van der Waals surface area contributed by atoms with Gasteiger partial charge in [0.1, 0.15) is 0 Å². The van der Waals surface area contributed by atoms with E-state index in [1.54, 1.807) is 7.11 Å². The van der Waals surface area contributed by atoms with Crippen molar-refractivity contribution >= 4 is 11.6 Å². The number of hydrogen-bond acceptors (Lipinski definition) is 5. The summed E-state index contributed by atoms with van der Waals surface area (Å²) in [6.45, 7) is 3.26. The molecule has 2 aromatic rings. The van der Waals surface area contributed by atoms with E-state index >= 15 is 0 Å². The second-order valence-electron chi connectivity index (χ2n) is 5.09. The zero-order valence-corrected chi connectivity index (χ0v) is 12.2. The van der Waals surface area contributed by atoms with E-state index in [4.69, 9.17) is 4.74 Å². The van der Waals surface area contributed by atoms with Gasteiger partial charge in [-0.15, -0.1) is 0 Å². The van der Waals surface area contributed by atoms with E-state index in [1.165, 1.54) is 11.3 Å². The number of hydrogen-bond donors (Lipinski definition) is 1. The zero-order chi connectivity index (χ0) is 14.5. The molecule has 1 aromatic carbocycles. The third-order valence-electron chi connectivity index (χ3n) is 3.63. The molecule has 0 saturated heterocycles. The maximum absolute atomic E-state index is 5.00. The predicted molar refractivity (Wildman–Crippen MR) is 82.8 cm³/mol. The van der Waals surface area contributed by atoms with Crippen molar-refractivity contribution in [2.45, 2.75) is 13.0 Å². The Balaban J connectivity index is 1.65. The minimum atomic E-state index is 0.712. The summed E-state index contributed by atoms with van der Waals surface area (Å²) in [7, 11) is 1.70. The first kappa shape index (κ1) is 14.0. The van der Waals surface area contributed by atoms with E-state index in [0.29, 0.717) is 6.61 Å². The van der Waals surface area contributed by atoms with Crippen molar-refractivity contribution in [1.82, 2.24) is 15.3 Å². The number of ether oxygens (including phenoxy) is 1. The van der Waals surface area contributed by atoms with Crippen molar-refractivity contribution in [3.05, 3.63) is 47.8 Å². The van der Waals surface area contributed by atoms with Gasteiger partial charge in [-0.05, 0) is 18.1 Å². The highest BCUT2D eigenvalue weighted by atomic mass is 16.5. The summed E-state index contributed by atoms with van der Waals surface area (Å²) in [6.07, 6.45) is 4.84. The van der Waals surface area contributed by atoms with Crippen molar-refractivity contribution in [1.29, 1.82) is 0 Å². The lowest BCUT2D eigenvalue weighted by atomic mass is 10.2. The van der Waals surface area contributed by atoms with Crippen LogP contribution >= 0.6 is 0 Å². The highest BCUT2D eigenvalue weighted by Gasteiger charge is 2.21. The average Bonchev–Trinajstić information content (AvgIpc) is 2.96. The van der Waals surface area contributed by atoms with E-state index in [-0.39, 0.29) is 0 Å². The van der Waals surface area contributed by atoms with E-state index in [2.05, 4.69) is 44.5 Å². The molecule has 5 nitrogen and oxygen atoms in total. The fourth-order valence-corrected chi connectivity index (χ4v) is 2.53. The second-order valence-corrected chi connectivity index (χ2v) is 5.09. The Morgan fingerprint density at radius 3 is 2.86 bits per heavy atom. The Labute approximate surface area is 125 Å². The monoisotopic (exact) mass is 284 g/mol. The highest BCUT2D eigenvalue weighted by Crippen LogP contribution is 2.31. The van der Waals surface area contributed by atoms with Crippen LogP contribution < -0.4 is 10.2 Å². The number of nitrogens with zero attached hydrogens (tertiary/aromatic N) is 3. The molecule has 3 rings (SSSR count). The number of rotatable bonds is 6. The molecule has 0 fully saturated rings. The van der Waals surface area contributed by atoms with E-state index in [9.17, 15) is 0 Å². The molecule has 1 aliphatic rings. The first-order chi connectivity index (χ1) is 10.4. The van der Waals surface area contributed by atoms with Gasteiger partial charge in [0, 0.05) is 50.4 Å². The lowest BCUT2D eigenvalue weighted by molar-refractivity contribution is 0.199. The number of methoxy groups -OCH3 is 1. The predicted octanol–water partition coefficient (Wildman–Crippen LogP) is 1.91. The topological polar surface area (TPSA) is 50.3 Å². The van der Waals surface area contributed by atoms with Crippen molar-refractivity contribution in [3.8, 4) is 0 Å². The van der Waals surface area contributed by atoms with Crippen LogP contribution in [-0.2, 0) is 17.7 Å². The number of anilines is 2. The van der Waals surface area contributed by atoms with Crippen LogP contribution in [0.5, 0.6) is 0 Å². The third-order valence-corrected chi connectivity index (χ3v) is 3.63. The van der Waals surface area contributed by atoms with Crippen molar-refractivity contribution in [2.75, 3.05) is 31.7 Å². The molecule has 1 aromatic heterocycles. The minimum Gasteiger partial charge on any atom is -0.383 e. The largest absolute Gasteiger partial charge is 0.383 e. The van der Waals surface area contributed by atoms with Gasteiger partial charge in [-0.25, -0.2) is 9.97 Å². The van der Waals surface area contributed by atoms with Gasteiger partial charge in [-0.3, -0.25) is 0 Å². The highest BCUT2D eigenvalue weighted by molar-refractivity contribution is 5.65. The maximum Gasteiger partial charge on any atom is 0.229 e. The molecule has 0 radical (unpaired) electrons. The van der Waals surface area contributed by atoms with Crippen molar-refractivity contribution in [3.63, 3.8) is 0 Å².